The Morgan fingerprint density at radius 2 is 2.10 bits per heavy atom. The zero-order valence-corrected chi connectivity index (χ0v) is 12.7. The number of likely N-dealkylation sites (N-methyl/N-ethyl adjacent to an activating group) is 1. The molecule has 1 aromatic carbocycles. The monoisotopic (exact) mass is 287 g/mol. The first-order chi connectivity index (χ1) is 9.99. The van der Waals surface area contributed by atoms with Crippen molar-refractivity contribution in [3.63, 3.8) is 0 Å². The van der Waals surface area contributed by atoms with Crippen molar-refractivity contribution in [2.24, 2.45) is 5.73 Å². The van der Waals surface area contributed by atoms with E-state index in [9.17, 15) is 9.59 Å². The third kappa shape index (κ3) is 4.93. The summed E-state index contributed by atoms with van der Waals surface area (Å²) in [6.45, 7) is 4.66. The Balaban J connectivity index is 2.77. The van der Waals surface area contributed by atoms with E-state index in [4.69, 9.17) is 5.73 Å². The van der Waals surface area contributed by atoms with Gasteiger partial charge in [0, 0.05) is 24.7 Å². The van der Waals surface area contributed by atoms with Crippen molar-refractivity contribution < 1.29 is 9.59 Å². The topological polar surface area (TPSA) is 75.4 Å². The summed E-state index contributed by atoms with van der Waals surface area (Å²) in [7, 11) is 1.70. The molecule has 0 aliphatic carbocycles. The lowest BCUT2D eigenvalue weighted by Crippen LogP contribution is -2.38. The van der Waals surface area contributed by atoms with Gasteiger partial charge in [0.2, 0.25) is 5.91 Å². The molecule has 3 N–H and O–H groups in total. The fourth-order valence-corrected chi connectivity index (χ4v) is 1.61. The predicted octanol–water partition coefficient (Wildman–Crippen LogP) is 0.513. The number of nitrogens with zero attached hydrogens (tertiary/aromatic N) is 1. The van der Waals surface area contributed by atoms with Crippen LogP contribution in [-0.2, 0) is 4.79 Å². The maximum absolute atomic E-state index is 12.0. The molecule has 0 aliphatic rings. The van der Waals surface area contributed by atoms with Gasteiger partial charge in [0.1, 0.15) is 0 Å². The van der Waals surface area contributed by atoms with E-state index >= 15 is 0 Å². The van der Waals surface area contributed by atoms with Gasteiger partial charge in [-0.25, -0.2) is 0 Å². The average Bonchev–Trinajstić information content (AvgIpc) is 2.50. The summed E-state index contributed by atoms with van der Waals surface area (Å²) in [5.74, 6) is 5.29. The van der Waals surface area contributed by atoms with E-state index in [2.05, 4.69) is 17.2 Å². The van der Waals surface area contributed by atoms with Gasteiger partial charge in [-0.3, -0.25) is 9.59 Å². The molecule has 0 radical (unpaired) electrons. The number of carbonyl (C=O) groups excluding carboxylic acids is 2. The number of carbonyl (C=O) groups is 2. The third-order valence-corrected chi connectivity index (χ3v) is 3.13. The molecule has 0 aliphatic heterocycles. The minimum absolute atomic E-state index is 0.0130. The van der Waals surface area contributed by atoms with Crippen molar-refractivity contribution in [3.05, 3.63) is 34.9 Å². The van der Waals surface area contributed by atoms with E-state index in [0.717, 1.165) is 11.1 Å². The van der Waals surface area contributed by atoms with Crippen molar-refractivity contribution in [2.75, 3.05) is 26.7 Å². The Kier molecular flexibility index (Phi) is 6.44. The highest BCUT2D eigenvalue weighted by Gasteiger charge is 2.11. The second-order valence-corrected chi connectivity index (χ2v) is 4.63. The maximum atomic E-state index is 12.0. The molecule has 5 nitrogen and oxygen atoms in total. The lowest BCUT2D eigenvalue weighted by Gasteiger charge is -2.14. The van der Waals surface area contributed by atoms with Crippen LogP contribution in [0.15, 0.2) is 18.2 Å². The maximum Gasteiger partial charge on any atom is 0.251 e. The Morgan fingerprint density at radius 1 is 1.38 bits per heavy atom. The van der Waals surface area contributed by atoms with E-state index in [-0.39, 0.29) is 24.9 Å². The normalized spacial score (nSPS) is 9.52. The molecule has 0 fully saturated rings. The highest BCUT2D eigenvalue weighted by molar-refractivity contribution is 5.96. The van der Waals surface area contributed by atoms with E-state index in [1.165, 1.54) is 0 Å². The molecular formula is C16H21N3O2. The molecule has 0 bridgehead atoms. The van der Waals surface area contributed by atoms with Crippen LogP contribution in [0, 0.1) is 18.8 Å². The molecule has 0 saturated carbocycles. The van der Waals surface area contributed by atoms with Crippen molar-refractivity contribution >= 4 is 11.8 Å². The number of aryl methyl sites for hydroxylation is 1. The van der Waals surface area contributed by atoms with Crippen LogP contribution in [-0.4, -0.2) is 43.4 Å². The number of benzene rings is 1. The fraction of sp³-hybridized carbons (Fsp3) is 0.375. The predicted molar refractivity (Wildman–Crippen MR) is 82.8 cm³/mol. The summed E-state index contributed by atoms with van der Waals surface area (Å²) in [5.41, 5.74) is 7.58. The summed E-state index contributed by atoms with van der Waals surface area (Å²) >= 11 is 0. The lowest BCUT2D eigenvalue weighted by atomic mass is 10.0. The number of hydrogen-bond acceptors (Lipinski definition) is 3. The first-order valence-corrected chi connectivity index (χ1v) is 6.81. The number of nitrogens with two attached hydrogens (primary N) is 1. The van der Waals surface area contributed by atoms with Gasteiger partial charge in [0.05, 0.1) is 13.1 Å². The summed E-state index contributed by atoms with van der Waals surface area (Å²) in [6.07, 6.45) is 0. The van der Waals surface area contributed by atoms with E-state index in [1.54, 1.807) is 24.1 Å². The molecule has 2 amide bonds. The highest BCUT2D eigenvalue weighted by atomic mass is 16.2. The van der Waals surface area contributed by atoms with Gasteiger partial charge in [-0.05, 0) is 31.5 Å². The third-order valence-electron chi connectivity index (χ3n) is 3.13. The van der Waals surface area contributed by atoms with E-state index in [1.807, 2.05) is 19.9 Å². The minimum atomic E-state index is -0.288. The minimum Gasteiger partial charge on any atom is -0.345 e. The average molecular weight is 287 g/mol. The summed E-state index contributed by atoms with van der Waals surface area (Å²) in [4.78, 5) is 25.2. The largest absolute Gasteiger partial charge is 0.345 e. The second-order valence-electron chi connectivity index (χ2n) is 4.63. The molecule has 21 heavy (non-hydrogen) atoms. The number of nitrogens with one attached hydrogen (secondary N) is 1. The van der Waals surface area contributed by atoms with Crippen LogP contribution in [0.5, 0.6) is 0 Å². The van der Waals surface area contributed by atoms with Crippen LogP contribution in [0.2, 0.25) is 0 Å². The van der Waals surface area contributed by atoms with Crippen molar-refractivity contribution in [1.29, 1.82) is 0 Å². The molecule has 1 aromatic rings. The van der Waals surface area contributed by atoms with Gasteiger partial charge < -0.3 is 16.0 Å². The first kappa shape index (κ1) is 16.7. The van der Waals surface area contributed by atoms with Crippen molar-refractivity contribution in [2.45, 2.75) is 13.8 Å². The quantitative estimate of drug-likeness (QED) is 0.792. The van der Waals surface area contributed by atoms with E-state index < -0.39 is 0 Å². The Bertz CT molecular complexity index is 585. The molecule has 5 heteroatoms. The van der Waals surface area contributed by atoms with Gasteiger partial charge in [0.25, 0.3) is 5.91 Å². The van der Waals surface area contributed by atoms with Gasteiger partial charge in [-0.2, -0.15) is 0 Å². The van der Waals surface area contributed by atoms with Gasteiger partial charge in [-0.15, -0.1) is 0 Å². The Morgan fingerprint density at radius 3 is 2.71 bits per heavy atom. The molecule has 0 unspecified atom stereocenters. The number of amides is 2. The Hall–Kier alpha value is -2.32. The van der Waals surface area contributed by atoms with Crippen LogP contribution in [0.25, 0.3) is 0 Å². The standard InChI is InChI=1S/C16H21N3O2/c1-4-19(3)15(20)11-18-16(21)14-8-7-12(2)13(10-14)6-5-9-17/h7-8,10H,4,9,11,17H2,1-3H3,(H,18,21). The SMILES string of the molecule is CCN(C)C(=O)CNC(=O)c1ccc(C)c(C#CCN)c1. The van der Waals surface area contributed by atoms with Crippen LogP contribution < -0.4 is 11.1 Å². The molecule has 0 atom stereocenters. The van der Waals surface area contributed by atoms with Crippen LogP contribution in [0.3, 0.4) is 0 Å². The molecule has 0 heterocycles. The Labute approximate surface area is 125 Å². The number of rotatable bonds is 4. The molecule has 0 saturated heterocycles. The first-order valence-electron chi connectivity index (χ1n) is 6.81. The molecule has 1 rings (SSSR count). The lowest BCUT2D eigenvalue weighted by molar-refractivity contribution is -0.128. The van der Waals surface area contributed by atoms with Crippen LogP contribution >= 0.6 is 0 Å². The zero-order chi connectivity index (χ0) is 15.8. The molecule has 0 aromatic heterocycles. The second kappa shape index (κ2) is 8.08. The van der Waals surface area contributed by atoms with Crippen LogP contribution in [0.4, 0.5) is 0 Å². The van der Waals surface area contributed by atoms with Gasteiger partial charge in [-0.1, -0.05) is 17.9 Å². The zero-order valence-electron chi connectivity index (χ0n) is 12.7. The molecule has 112 valence electrons. The van der Waals surface area contributed by atoms with Gasteiger partial charge in [0.15, 0.2) is 0 Å². The fourth-order valence-electron chi connectivity index (χ4n) is 1.61. The van der Waals surface area contributed by atoms with Gasteiger partial charge >= 0.3 is 0 Å². The van der Waals surface area contributed by atoms with Crippen LogP contribution in [0.1, 0.15) is 28.4 Å². The summed E-state index contributed by atoms with van der Waals surface area (Å²) in [5, 5.41) is 2.61. The summed E-state index contributed by atoms with van der Waals surface area (Å²) in [6, 6.07) is 5.25. The summed E-state index contributed by atoms with van der Waals surface area (Å²) < 4.78 is 0. The van der Waals surface area contributed by atoms with E-state index in [0.29, 0.717) is 12.1 Å². The highest BCUT2D eigenvalue weighted by Crippen LogP contribution is 2.10. The number of hydrogen-bond donors (Lipinski definition) is 2. The van der Waals surface area contributed by atoms with Crippen molar-refractivity contribution in [3.8, 4) is 11.8 Å². The molecular weight excluding hydrogens is 266 g/mol. The smallest absolute Gasteiger partial charge is 0.251 e. The van der Waals surface area contributed by atoms with Crippen molar-refractivity contribution in [1.82, 2.24) is 10.2 Å². The molecule has 0 spiro atoms.